The number of nitrogens with one attached hydrogen (secondary N) is 1. The number of hydrogen-bond donors (Lipinski definition) is 1. The quantitative estimate of drug-likeness (QED) is 0.360. The van der Waals surface area contributed by atoms with Crippen LogP contribution in [-0.4, -0.2) is 45.7 Å². The van der Waals surface area contributed by atoms with Gasteiger partial charge < -0.3 is 14.8 Å². The van der Waals surface area contributed by atoms with Gasteiger partial charge in [0.1, 0.15) is 12.4 Å². The summed E-state index contributed by atoms with van der Waals surface area (Å²) in [6, 6.07) is 18.1. The Hall–Kier alpha value is -3.45. The van der Waals surface area contributed by atoms with Crippen LogP contribution in [0, 0.1) is 5.82 Å². The van der Waals surface area contributed by atoms with Gasteiger partial charge in [0.25, 0.3) is 5.91 Å². The van der Waals surface area contributed by atoms with E-state index in [0.29, 0.717) is 24.4 Å². The molecule has 5 nitrogen and oxygen atoms in total. The van der Waals surface area contributed by atoms with E-state index in [1.54, 1.807) is 28.0 Å². The molecule has 0 saturated heterocycles. The second-order valence-electron chi connectivity index (χ2n) is 8.69. The predicted molar refractivity (Wildman–Crippen MR) is 132 cm³/mol. The molecule has 7 heteroatoms. The van der Waals surface area contributed by atoms with E-state index < -0.39 is 0 Å². The number of nitrogens with zero attached hydrogens (tertiary/aromatic N) is 2. The van der Waals surface area contributed by atoms with Crippen LogP contribution in [0.3, 0.4) is 0 Å². The third-order valence-electron chi connectivity index (χ3n) is 6.25. The molecule has 0 spiro atoms. The van der Waals surface area contributed by atoms with Crippen LogP contribution in [0.1, 0.15) is 33.6 Å². The first-order chi connectivity index (χ1) is 16.6. The minimum atomic E-state index is -0.304. The number of thiophene rings is 1. The maximum atomic E-state index is 13.5. The minimum Gasteiger partial charge on any atom is -0.361 e. The summed E-state index contributed by atoms with van der Waals surface area (Å²) in [5, 5.41) is 3.02. The average molecular weight is 476 g/mol. The SMILES string of the molecule is O=C(CN(C(=O)c1cccs1)C1CC1)N(CCc1c[nH]c2ccccc12)Cc1ccc(F)cc1. The van der Waals surface area contributed by atoms with E-state index in [-0.39, 0.29) is 30.2 Å². The number of hydrogen-bond acceptors (Lipinski definition) is 3. The molecule has 1 fully saturated rings. The van der Waals surface area contributed by atoms with Gasteiger partial charge in [0.15, 0.2) is 0 Å². The second kappa shape index (κ2) is 9.81. The summed E-state index contributed by atoms with van der Waals surface area (Å²) in [4.78, 5) is 34.0. The molecule has 2 aromatic carbocycles. The van der Waals surface area contributed by atoms with Gasteiger partial charge in [0.2, 0.25) is 5.91 Å². The van der Waals surface area contributed by atoms with Crippen LogP contribution in [0.15, 0.2) is 72.2 Å². The molecule has 2 amide bonds. The highest BCUT2D eigenvalue weighted by Crippen LogP contribution is 2.29. The van der Waals surface area contributed by atoms with Crippen molar-refractivity contribution >= 4 is 34.1 Å². The molecule has 1 aliphatic rings. The first kappa shape index (κ1) is 22.3. The highest BCUT2D eigenvalue weighted by molar-refractivity contribution is 7.12. The Morgan fingerprint density at radius 2 is 1.82 bits per heavy atom. The van der Waals surface area contributed by atoms with Gasteiger partial charge in [-0.1, -0.05) is 36.4 Å². The molecule has 1 saturated carbocycles. The maximum Gasteiger partial charge on any atom is 0.264 e. The van der Waals surface area contributed by atoms with Gasteiger partial charge in [-0.2, -0.15) is 0 Å². The fraction of sp³-hybridized carbons (Fsp3) is 0.259. The van der Waals surface area contributed by atoms with Crippen molar-refractivity contribution in [3.63, 3.8) is 0 Å². The molecule has 0 aliphatic heterocycles. The molecule has 34 heavy (non-hydrogen) atoms. The predicted octanol–water partition coefficient (Wildman–Crippen LogP) is 5.24. The van der Waals surface area contributed by atoms with Crippen molar-refractivity contribution in [1.29, 1.82) is 0 Å². The summed E-state index contributed by atoms with van der Waals surface area (Å²) in [6.45, 7) is 0.924. The topological polar surface area (TPSA) is 56.4 Å². The minimum absolute atomic E-state index is 0.0521. The van der Waals surface area contributed by atoms with E-state index in [9.17, 15) is 14.0 Å². The van der Waals surface area contributed by atoms with Crippen molar-refractivity contribution in [2.24, 2.45) is 0 Å². The summed E-state index contributed by atoms with van der Waals surface area (Å²) in [5.41, 5.74) is 3.06. The number of benzene rings is 2. The summed E-state index contributed by atoms with van der Waals surface area (Å²) < 4.78 is 13.4. The number of amides is 2. The van der Waals surface area contributed by atoms with E-state index in [4.69, 9.17) is 0 Å². The van der Waals surface area contributed by atoms with Crippen LogP contribution in [0.5, 0.6) is 0 Å². The lowest BCUT2D eigenvalue weighted by molar-refractivity contribution is -0.132. The average Bonchev–Trinajstić information content (AvgIpc) is 3.37. The number of carbonyl (C=O) groups is 2. The summed E-state index contributed by atoms with van der Waals surface area (Å²) >= 11 is 1.40. The van der Waals surface area contributed by atoms with Gasteiger partial charge in [-0.25, -0.2) is 4.39 Å². The molecule has 1 aliphatic carbocycles. The molecule has 5 rings (SSSR count). The van der Waals surface area contributed by atoms with Crippen LogP contribution in [-0.2, 0) is 17.8 Å². The maximum absolute atomic E-state index is 13.5. The summed E-state index contributed by atoms with van der Waals surface area (Å²) in [6.07, 6.45) is 4.52. The smallest absolute Gasteiger partial charge is 0.264 e. The van der Waals surface area contributed by atoms with Crippen LogP contribution in [0.4, 0.5) is 4.39 Å². The first-order valence-electron chi connectivity index (χ1n) is 11.5. The molecular formula is C27H26FN3O2S. The molecule has 2 heterocycles. The molecule has 1 N–H and O–H groups in total. The first-order valence-corrected chi connectivity index (χ1v) is 12.4. The lowest BCUT2D eigenvalue weighted by Gasteiger charge is -2.28. The van der Waals surface area contributed by atoms with Crippen LogP contribution < -0.4 is 0 Å². The number of para-hydroxylation sites is 1. The zero-order valence-corrected chi connectivity index (χ0v) is 19.6. The Kier molecular flexibility index (Phi) is 6.45. The van der Waals surface area contributed by atoms with Crippen molar-refractivity contribution in [2.75, 3.05) is 13.1 Å². The molecule has 2 aromatic heterocycles. The van der Waals surface area contributed by atoms with E-state index in [0.717, 1.165) is 34.9 Å². The van der Waals surface area contributed by atoms with Crippen molar-refractivity contribution in [1.82, 2.24) is 14.8 Å². The normalized spacial score (nSPS) is 13.2. The molecule has 0 radical (unpaired) electrons. The Morgan fingerprint density at radius 1 is 1.03 bits per heavy atom. The Morgan fingerprint density at radius 3 is 2.56 bits per heavy atom. The van der Waals surface area contributed by atoms with Gasteiger partial charge in [0, 0.05) is 36.2 Å². The van der Waals surface area contributed by atoms with E-state index in [1.165, 1.54) is 23.5 Å². The molecule has 174 valence electrons. The summed E-state index contributed by atoms with van der Waals surface area (Å²) in [7, 11) is 0. The fourth-order valence-corrected chi connectivity index (χ4v) is 4.92. The molecule has 0 atom stereocenters. The zero-order chi connectivity index (χ0) is 23.5. The Balaban J connectivity index is 1.34. The number of rotatable bonds is 9. The van der Waals surface area contributed by atoms with Crippen LogP contribution in [0.2, 0.25) is 0 Å². The Labute approximate surface area is 201 Å². The second-order valence-corrected chi connectivity index (χ2v) is 9.64. The summed E-state index contributed by atoms with van der Waals surface area (Å²) in [5.74, 6) is -0.480. The molecule has 0 unspecified atom stereocenters. The zero-order valence-electron chi connectivity index (χ0n) is 18.7. The number of carbonyl (C=O) groups excluding carboxylic acids is 2. The van der Waals surface area contributed by atoms with E-state index >= 15 is 0 Å². The van der Waals surface area contributed by atoms with Gasteiger partial charge in [-0.15, -0.1) is 11.3 Å². The van der Waals surface area contributed by atoms with Crippen molar-refractivity contribution in [2.45, 2.75) is 31.8 Å². The Bertz CT molecular complexity index is 1280. The molecular weight excluding hydrogens is 449 g/mol. The van der Waals surface area contributed by atoms with Crippen molar-refractivity contribution in [3.05, 3.63) is 94.1 Å². The number of fused-ring (bicyclic) bond motifs is 1. The number of aromatic nitrogens is 1. The standard InChI is InChI=1S/C27H26FN3O2S/c28-21-9-7-19(8-10-21)17-30(14-13-20-16-29-24-5-2-1-4-23(20)24)26(32)18-31(22-11-12-22)27(33)25-6-3-15-34-25/h1-10,15-16,22,29H,11-14,17-18H2. The number of H-pyrrole nitrogens is 1. The van der Waals surface area contributed by atoms with E-state index in [1.807, 2.05) is 35.8 Å². The van der Waals surface area contributed by atoms with Crippen LogP contribution in [0.25, 0.3) is 10.9 Å². The van der Waals surface area contributed by atoms with Gasteiger partial charge >= 0.3 is 0 Å². The van der Waals surface area contributed by atoms with Gasteiger partial charge in [0.05, 0.1) is 4.88 Å². The fourth-order valence-electron chi connectivity index (χ4n) is 4.24. The highest BCUT2D eigenvalue weighted by atomic mass is 32.1. The lowest BCUT2D eigenvalue weighted by atomic mass is 10.1. The van der Waals surface area contributed by atoms with Gasteiger partial charge in [-0.05, 0) is 60.0 Å². The third-order valence-corrected chi connectivity index (χ3v) is 7.11. The van der Waals surface area contributed by atoms with Crippen molar-refractivity contribution < 1.29 is 14.0 Å². The van der Waals surface area contributed by atoms with E-state index in [2.05, 4.69) is 11.1 Å². The number of aromatic amines is 1. The van der Waals surface area contributed by atoms with Gasteiger partial charge in [-0.3, -0.25) is 9.59 Å². The molecule has 0 bridgehead atoms. The van der Waals surface area contributed by atoms with Crippen molar-refractivity contribution in [3.8, 4) is 0 Å². The molecule has 4 aromatic rings. The monoisotopic (exact) mass is 475 g/mol. The largest absolute Gasteiger partial charge is 0.361 e. The lowest BCUT2D eigenvalue weighted by Crippen LogP contribution is -2.44. The third kappa shape index (κ3) is 5.04. The van der Waals surface area contributed by atoms with Crippen LogP contribution >= 0.6 is 11.3 Å². The highest BCUT2D eigenvalue weighted by Gasteiger charge is 2.35. The number of halogens is 1.